The second kappa shape index (κ2) is 5.00. The molecular formula is C13H23N3. The molecule has 16 heavy (non-hydrogen) atoms. The predicted molar refractivity (Wildman–Crippen MR) is 66.3 cm³/mol. The highest BCUT2D eigenvalue weighted by atomic mass is 15.3. The van der Waals surface area contributed by atoms with Crippen LogP contribution in [0.4, 0.5) is 0 Å². The summed E-state index contributed by atoms with van der Waals surface area (Å²) in [6.45, 7) is 5.12. The van der Waals surface area contributed by atoms with Gasteiger partial charge in [0, 0.05) is 24.7 Å². The zero-order valence-electron chi connectivity index (χ0n) is 10.4. The topological polar surface area (TPSA) is 43.8 Å². The maximum absolute atomic E-state index is 6.21. The van der Waals surface area contributed by atoms with Gasteiger partial charge in [0.05, 0.1) is 5.69 Å². The van der Waals surface area contributed by atoms with Gasteiger partial charge in [0.1, 0.15) is 0 Å². The Morgan fingerprint density at radius 3 is 2.88 bits per heavy atom. The molecule has 2 N–H and O–H groups in total. The van der Waals surface area contributed by atoms with Crippen LogP contribution in [0, 0.1) is 12.8 Å². The monoisotopic (exact) mass is 221 g/mol. The molecule has 0 bridgehead atoms. The fourth-order valence-corrected chi connectivity index (χ4v) is 2.55. The van der Waals surface area contributed by atoms with Crippen LogP contribution in [0.5, 0.6) is 0 Å². The maximum Gasteiger partial charge on any atom is 0.0596 e. The summed E-state index contributed by atoms with van der Waals surface area (Å²) in [7, 11) is 0. The highest BCUT2D eigenvalue weighted by molar-refractivity contribution is 5.10. The van der Waals surface area contributed by atoms with Crippen LogP contribution in [0.15, 0.2) is 6.07 Å². The Morgan fingerprint density at radius 2 is 2.31 bits per heavy atom. The standard InChI is InChI=1S/C13H23N3/c1-3-16-13(7-10(2)15-16)9-12(14)8-11-5-4-6-11/h7,11-12H,3-6,8-9,14H2,1-2H3. The van der Waals surface area contributed by atoms with E-state index in [0.29, 0.717) is 6.04 Å². The lowest BCUT2D eigenvalue weighted by Gasteiger charge is -2.28. The smallest absolute Gasteiger partial charge is 0.0596 e. The molecule has 0 spiro atoms. The third-order valence-corrected chi connectivity index (χ3v) is 3.62. The van der Waals surface area contributed by atoms with Crippen LogP contribution in [0.3, 0.4) is 0 Å². The van der Waals surface area contributed by atoms with Crippen molar-refractivity contribution in [2.45, 2.75) is 58.5 Å². The van der Waals surface area contributed by atoms with Gasteiger partial charge in [0.25, 0.3) is 0 Å². The van der Waals surface area contributed by atoms with Gasteiger partial charge in [-0.15, -0.1) is 0 Å². The summed E-state index contributed by atoms with van der Waals surface area (Å²) in [6, 6.07) is 2.48. The normalized spacial score (nSPS) is 18.4. The molecule has 3 heteroatoms. The minimum atomic E-state index is 0.312. The fraction of sp³-hybridized carbons (Fsp3) is 0.769. The van der Waals surface area contributed by atoms with Gasteiger partial charge in [-0.1, -0.05) is 19.3 Å². The maximum atomic E-state index is 6.21. The molecule has 0 radical (unpaired) electrons. The van der Waals surface area contributed by atoms with Crippen LogP contribution in [0.25, 0.3) is 0 Å². The van der Waals surface area contributed by atoms with Gasteiger partial charge < -0.3 is 5.73 Å². The predicted octanol–water partition coefficient (Wildman–Crippen LogP) is 2.27. The molecular weight excluding hydrogens is 198 g/mol. The number of nitrogens with two attached hydrogens (primary N) is 1. The first kappa shape index (κ1) is 11.6. The molecule has 90 valence electrons. The van der Waals surface area contributed by atoms with Crippen LogP contribution >= 0.6 is 0 Å². The van der Waals surface area contributed by atoms with Gasteiger partial charge in [0.2, 0.25) is 0 Å². The Morgan fingerprint density at radius 1 is 1.56 bits per heavy atom. The first-order chi connectivity index (χ1) is 7.69. The number of rotatable bonds is 5. The molecule has 0 aromatic carbocycles. The molecule has 1 aromatic heterocycles. The van der Waals surface area contributed by atoms with E-state index in [1.807, 2.05) is 6.92 Å². The second-order valence-electron chi connectivity index (χ2n) is 5.09. The van der Waals surface area contributed by atoms with E-state index in [2.05, 4.69) is 22.8 Å². The molecule has 1 atom stereocenters. The van der Waals surface area contributed by atoms with E-state index < -0.39 is 0 Å². The summed E-state index contributed by atoms with van der Waals surface area (Å²) in [4.78, 5) is 0. The molecule has 2 rings (SSSR count). The van der Waals surface area contributed by atoms with Gasteiger partial charge in [-0.25, -0.2) is 0 Å². The zero-order chi connectivity index (χ0) is 11.5. The van der Waals surface area contributed by atoms with Crippen molar-refractivity contribution in [2.75, 3.05) is 0 Å². The first-order valence-corrected chi connectivity index (χ1v) is 6.48. The molecule has 3 nitrogen and oxygen atoms in total. The minimum absolute atomic E-state index is 0.312. The Hall–Kier alpha value is -0.830. The largest absolute Gasteiger partial charge is 0.327 e. The van der Waals surface area contributed by atoms with Crippen molar-refractivity contribution in [3.8, 4) is 0 Å². The summed E-state index contributed by atoms with van der Waals surface area (Å²) in [5.41, 5.74) is 8.61. The Kier molecular flexibility index (Phi) is 3.64. The third kappa shape index (κ3) is 2.64. The van der Waals surface area contributed by atoms with Crippen molar-refractivity contribution in [2.24, 2.45) is 11.7 Å². The van der Waals surface area contributed by atoms with Crippen molar-refractivity contribution in [1.82, 2.24) is 9.78 Å². The van der Waals surface area contributed by atoms with Gasteiger partial charge in [0.15, 0.2) is 0 Å². The average Bonchev–Trinajstić information content (AvgIpc) is 2.52. The third-order valence-electron chi connectivity index (χ3n) is 3.62. The first-order valence-electron chi connectivity index (χ1n) is 6.48. The Bertz CT molecular complexity index is 339. The van der Waals surface area contributed by atoms with Crippen molar-refractivity contribution < 1.29 is 0 Å². The fourth-order valence-electron chi connectivity index (χ4n) is 2.55. The van der Waals surface area contributed by atoms with Crippen LogP contribution in [0.1, 0.15) is 44.0 Å². The second-order valence-corrected chi connectivity index (χ2v) is 5.09. The van der Waals surface area contributed by atoms with Crippen LogP contribution in [-0.2, 0) is 13.0 Å². The average molecular weight is 221 g/mol. The summed E-state index contributed by atoms with van der Waals surface area (Å²) in [6.07, 6.45) is 6.35. The Balaban J connectivity index is 1.90. The number of hydrogen-bond donors (Lipinski definition) is 1. The number of aryl methyl sites for hydroxylation is 2. The molecule has 1 fully saturated rings. The van der Waals surface area contributed by atoms with Crippen molar-refractivity contribution in [3.05, 3.63) is 17.5 Å². The van der Waals surface area contributed by atoms with Crippen molar-refractivity contribution in [1.29, 1.82) is 0 Å². The quantitative estimate of drug-likeness (QED) is 0.829. The van der Waals surface area contributed by atoms with E-state index in [1.165, 1.54) is 31.4 Å². The van der Waals surface area contributed by atoms with Crippen molar-refractivity contribution >= 4 is 0 Å². The van der Waals surface area contributed by atoms with Gasteiger partial charge in [-0.3, -0.25) is 4.68 Å². The molecule has 1 heterocycles. The Labute approximate surface area is 98.0 Å². The number of hydrogen-bond acceptors (Lipinski definition) is 2. The highest BCUT2D eigenvalue weighted by Gasteiger charge is 2.21. The number of aromatic nitrogens is 2. The van der Waals surface area contributed by atoms with Gasteiger partial charge in [-0.2, -0.15) is 5.10 Å². The molecule has 0 amide bonds. The molecule has 1 aliphatic carbocycles. The molecule has 0 aliphatic heterocycles. The van der Waals surface area contributed by atoms with E-state index >= 15 is 0 Å². The highest BCUT2D eigenvalue weighted by Crippen LogP contribution is 2.30. The van der Waals surface area contributed by atoms with Gasteiger partial charge >= 0.3 is 0 Å². The van der Waals surface area contributed by atoms with E-state index in [1.54, 1.807) is 0 Å². The summed E-state index contributed by atoms with van der Waals surface area (Å²) in [5.74, 6) is 0.897. The van der Waals surface area contributed by atoms with E-state index in [9.17, 15) is 0 Å². The summed E-state index contributed by atoms with van der Waals surface area (Å²) >= 11 is 0. The molecule has 1 aromatic rings. The summed E-state index contributed by atoms with van der Waals surface area (Å²) < 4.78 is 2.08. The van der Waals surface area contributed by atoms with Crippen LogP contribution in [0.2, 0.25) is 0 Å². The SMILES string of the molecule is CCn1nc(C)cc1CC(N)CC1CCC1. The molecule has 1 unspecified atom stereocenters. The number of nitrogens with zero attached hydrogens (tertiary/aromatic N) is 2. The van der Waals surface area contributed by atoms with Crippen LogP contribution < -0.4 is 5.73 Å². The lowest BCUT2D eigenvalue weighted by Crippen LogP contribution is -2.29. The van der Waals surface area contributed by atoms with E-state index in [0.717, 1.165) is 24.6 Å². The van der Waals surface area contributed by atoms with Crippen molar-refractivity contribution in [3.63, 3.8) is 0 Å². The lowest BCUT2D eigenvalue weighted by atomic mass is 9.80. The molecule has 0 saturated heterocycles. The minimum Gasteiger partial charge on any atom is -0.327 e. The lowest BCUT2D eigenvalue weighted by molar-refractivity contribution is 0.274. The molecule has 1 saturated carbocycles. The summed E-state index contributed by atoms with van der Waals surface area (Å²) in [5, 5.41) is 4.46. The zero-order valence-corrected chi connectivity index (χ0v) is 10.4. The molecule has 1 aliphatic rings. The van der Waals surface area contributed by atoms with E-state index in [-0.39, 0.29) is 0 Å². The van der Waals surface area contributed by atoms with E-state index in [4.69, 9.17) is 5.73 Å². The van der Waals surface area contributed by atoms with Gasteiger partial charge in [-0.05, 0) is 32.3 Å². The van der Waals surface area contributed by atoms with Crippen LogP contribution in [-0.4, -0.2) is 15.8 Å².